The Kier molecular flexibility index (Phi) is 7.71. The first-order valence-corrected chi connectivity index (χ1v) is 21.2. The standard InChI is InChI=1S/C54H47F2NO/c1-5-53(6-2)48-32-38(56)18-23-42(48)49-41-22-17-37(55)31-45(41)51-43(50(49)53)24-25-54(58-51,35-14-19-39(20-15-35)57-26-10-7-11-27-57)36-16-21-40-44-28-33-12-8-9-13-34(33)29-46(44)52(3,4)47(40)30-36/h8-9,12-25,28-32H,5-7,10-11,26-27H2,1-4H3. The average Bonchev–Trinajstić information content (AvgIpc) is 3.67. The molecule has 4 aliphatic rings. The molecule has 2 aliphatic heterocycles. The van der Waals surface area contributed by atoms with Crippen LogP contribution in [0.15, 0.2) is 121 Å². The van der Waals surface area contributed by atoms with Crippen LogP contribution in [-0.2, 0) is 16.4 Å². The van der Waals surface area contributed by atoms with E-state index in [4.69, 9.17) is 4.74 Å². The molecule has 288 valence electrons. The number of fused-ring (bicyclic) bond motifs is 12. The summed E-state index contributed by atoms with van der Waals surface area (Å²) in [6, 6.07) is 39.4. The zero-order chi connectivity index (χ0) is 39.6. The predicted molar refractivity (Wildman–Crippen MR) is 235 cm³/mol. The van der Waals surface area contributed by atoms with Crippen LogP contribution < -0.4 is 9.64 Å². The highest BCUT2D eigenvalue weighted by Crippen LogP contribution is 2.61. The van der Waals surface area contributed by atoms with E-state index in [0.29, 0.717) is 5.75 Å². The summed E-state index contributed by atoms with van der Waals surface area (Å²) in [6.45, 7) is 11.2. The number of anilines is 1. The number of hydrogen-bond acceptors (Lipinski definition) is 2. The van der Waals surface area contributed by atoms with E-state index < -0.39 is 11.0 Å². The highest BCUT2D eigenvalue weighted by Gasteiger charge is 2.48. The number of nitrogens with zero attached hydrogens (tertiary/aromatic N) is 1. The largest absolute Gasteiger partial charge is 0.472 e. The topological polar surface area (TPSA) is 12.5 Å². The third kappa shape index (κ3) is 4.81. The van der Waals surface area contributed by atoms with Crippen molar-refractivity contribution in [3.63, 3.8) is 0 Å². The van der Waals surface area contributed by atoms with Gasteiger partial charge in [0.15, 0.2) is 5.60 Å². The summed E-state index contributed by atoms with van der Waals surface area (Å²) in [6.07, 6.45) is 9.75. The highest BCUT2D eigenvalue weighted by atomic mass is 19.1. The summed E-state index contributed by atoms with van der Waals surface area (Å²) in [7, 11) is 0. The monoisotopic (exact) mass is 763 g/mol. The zero-order valence-corrected chi connectivity index (χ0v) is 33.7. The second-order valence-corrected chi connectivity index (χ2v) is 17.6. The van der Waals surface area contributed by atoms with E-state index >= 15 is 8.78 Å². The van der Waals surface area contributed by atoms with Gasteiger partial charge in [-0.05, 0) is 153 Å². The molecule has 0 radical (unpaired) electrons. The van der Waals surface area contributed by atoms with Crippen molar-refractivity contribution in [2.24, 2.45) is 0 Å². The molecule has 58 heavy (non-hydrogen) atoms. The van der Waals surface area contributed by atoms with Crippen molar-refractivity contribution in [3.05, 3.63) is 172 Å². The van der Waals surface area contributed by atoms with Crippen LogP contribution in [0.2, 0.25) is 0 Å². The van der Waals surface area contributed by atoms with Crippen molar-refractivity contribution in [1.29, 1.82) is 0 Å². The lowest BCUT2D eigenvalue weighted by Crippen LogP contribution is -2.36. The molecule has 1 atom stereocenters. The van der Waals surface area contributed by atoms with E-state index in [2.05, 4.69) is 124 Å². The van der Waals surface area contributed by atoms with Gasteiger partial charge in [0.1, 0.15) is 17.4 Å². The summed E-state index contributed by atoms with van der Waals surface area (Å²) in [5, 5.41) is 4.14. The van der Waals surface area contributed by atoms with Gasteiger partial charge in [-0.2, -0.15) is 0 Å². The van der Waals surface area contributed by atoms with Crippen LogP contribution in [0.5, 0.6) is 5.75 Å². The Morgan fingerprint density at radius 2 is 1.29 bits per heavy atom. The summed E-state index contributed by atoms with van der Waals surface area (Å²) >= 11 is 0. The van der Waals surface area contributed by atoms with Crippen molar-refractivity contribution >= 4 is 33.3 Å². The van der Waals surface area contributed by atoms with Crippen LogP contribution in [0.25, 0.3) is 49.9 Å². The fourth-order valence-electron chi connectivity index (χ4n) is 11.3. The molecule has 0 saturated carbocycles. The Morgan fingerprint density at radius 1 is 0.621 bits per heavy atom. The van der Waals surface area contributed by atoms with Gasteiger partial charge in [0.25, 0.3) is 0 Å². The number of halogens is 2. The fraction of sp³-hybridized carbons (Fsp3) is 0.259. The summed E-state index contributed by atoms with van der Waals surface area (Å²) in [5.74, 6) is 0.114. The first-order valence-electron chi connectivity index (χ1n) is 21.2. The molecule has 1 unspecified atom stereocenters. The molecular formula is C54H47F2NO. The van der Waals surface area contributed by atoms with Crippen LogP contribution in [0, 0.1) is 11.6 Å². The van der Waals surface area contributed by atoms with Gasteiger partial charge in [-0.15, -0.1) is 0 Å². The molecule has 0 N–H and O–H groups in total. The second-order valence-electron chi connectivity index (χ2n) is 17.6. The normalized spacial score (nSPS) is 19.4. The molecule has 0 amide bonds. The number of benzene rings is 7. The predicted octanol–water partition coefficient (Wildman–Crippen LogP) is 14.0. The van der Waals surface area contributed by atoms with Crippen molar-refractivity contribution in [1.82, 2.24) is 0 Å². The van der Waals surface area contributed by atoms with E-state index in [9.17, 15) is 0 Å². The van der Waals surface area contributed by atoms with Crippen LogP contribution in [0.3, 0.4) is 0 Å². The maximum Gasteiger partial charge on any atom is 0.178 e. The van der Waals surface area contributed by atoms with Gasteiger partial charge in [0, 0.05) is 51.7 Å². The number of hydrogen-bond donors (Lipinski definition) is 0. The molecule has 2 nitrogen and oxygen atoms in total. The first kappa shape index (κ1) is 35.4. The number of piperidine rings is 1. The molecule has 2 aliphatic carbocycles. The van der Waals surface area contributed by atoms with Crippen LogP contribution in [-0.4, -0.2) is 13.1 Å². The van der Waals surface area contributed by atoms with Gasteiger partial charge >= 0.3 is 0 Å². The minimum atomic E-state index is -1.02. The molecule has 2 heterocycles. The first-order chi connectivity index (χ1) is 28.2. The maximum absolute atomic E-state index is 15.6. The molecular weight excluding hydrogens is 717 g/mol. The molecule has 4 heteroatoms. The Hall–Kier alpha value is -5.74. The van der Waals surface area contributed by atoms with Crippen LogP contribution in [0.1, 0.15) is 98.7 Å². The second kappa shape index (κ2) is 12.6. The number of rotatable bonds is 5. The van der Waals surface area contributed by atoms with Gasteiger partial charge in [0.2, 0.25) is 0 Å². The minimum Gasteiger partial charge on any atom is -0.472 e. The molecule has 1 saturated heterocycles. The third-order valence-corrected chi connectivity index (χ3v) is 14.4. The molecule has 7 aromatic rings. The lowest BCUT2D eigenvalue weighted by molar-refractivity contribution is 0.163. The average molecular weight is 764 g/mol. The Bertz CT molecular complexity index is 2880. The van der Waals surface area contributed by atoms with Crippen molar-refractivity contribution in [3.8, 4) is 28.0 Å². The Morgan fingerprint density at radius 3 is 2.05 bits per heavy atom. The number of ether oxygens (including phenoxy) is 1. The van der Waals surface area contributed by atoms with E-state index in [1.165, 1.54) is 58.0 Å². The Balaban J connectivity index is 1.16. The lowest BCUT2D eigenvalue weighted by atomic mass is 9.71. The van der Waals surface area contributed by atoms with E-state index in [0.717, 1.165) is 75.6 Å². The van der Waals surface area contributed by atoms with Crippen molar-refractivity contribution in [2.45, 2.75) is 76.2 Å². The van der Waals surface area contributed by atoms with E-state index in [1.807, 2.05) is 12.1 Å². The van der Waals surface area contributed by atoms with E-state index in [-0.39, 0.29) is 17.0 Å². The molecule has 1 fully saturated rings. The van der Waals surface area contributed by atoms with Crippen LogP contribution in [0.4, 0.5) is 14.5 Å². The maximum atomic E-state index is 15.6. The highest BCUT2D eigenvalue weighted by molar-refractivity contribution is 6.08. The van der Waals surface area contributed by atoms with Gasteiger partial charge < -0.3 is 9.64 Å². The fourth-order valence-corrected chi connectivity index (χ4v) is 11.3. The summed E-state index contributed by atoms with van der Waals surface area (Å²) in [5.41, 5.74) is 11.8. The van der Waals surface area contributed by atoms with Gasteiger partial charge in [-0.1, -0.05) is 94.4 Å². The quantitative estimate of drug-likeness (QED) is 0.173. The van der Waals surface area contributed by atoms with Crippen LogP contribution >= 0.6 is 0 Å². The van der Waals surface area contributed by atoms with Crippen molar-refractivity contribution < 1.29 is 13.5 Å². The minimum absolute atomic E-state index is 0.240. The zero-order valence-electron chi connectivity index (χ0n) is 33.7. The third-order valence-electron chi connectivity index (χ3n) is 14.4. The van der Waals surface area contributed by atoms with E-state index in [1.54, 1.807) is 24.3 Å². The molecule has 7 aromatic carbocycles. The van der Waals surface area contributed by atoms with Gasteiger partial charge in [-0.25, -0.2) is 8.78 Å². The molecule has 0 bridgehead atoms. The van der Waals surface area contributed by atoms with Crippen molar-refractivity contribution in [2.75, 3.05) is 18.0 Å². The molecule has 0 spiro atoms. The molecule has 11 rings (SSSR count). The Labute approximate surface area is 339 Å². The van der Waals surface area contributed by atoms with Gasteiger partial charge in [-0.3, -0.25) is 0 Å². The molecule has 0 aromatic heterocycles. The smallest absolute Gasteiger partial charge is 0.178 e. The van der Waals surface area contributed by atoms with Gasteiger partial charge in [0.05, 0.1) is 0 Å². The summed E-state index contributed by atoms with van der Waals surface area (Å²) < 4.78 is 38.4. The SMILES string of the molecule is CCC1(CC)c2cc(F)ccc2-c2c1c1c(c3cc(F)ccc23)OC(c2ccc(N3CCCCC3)cc2)(c2ccc3c(c2)C(C)(C)c2cc4ccccc4cc2-3)C=C1. The summed E-state index contributed by atoms with van der Waals surface area (Å²) in [4.78, 5) is 2.49. The lowest BCUT2D eigenvalue weighted by Gasteiger charge is -2.40.